The Labute approximate surface area is 114 Å². The number of nitrogens with one attached hydrogen (secondary N) is 1. The molecule has 1 unspecified atom stereocenters. The van der Waals surface area contributed by atoms with Crippen molar-refractivity contribution >= 4 is 21.4 Å². The predicted molar refractivity (Wildman–Crippen MR) is 82.4 cm³/mol. The summed E-state index contributed by atoms with van der Waals surface area (Å²) in [6.45, 7) is 2.27. The van der Waals surface area contributed by atoms with E-state index in [0.717, 1.165) is 0 Å². The molecule has 0 aliphatic heterocycles. The van der Waals surface area contributed by atoms with Gasteiger partial charge in [0, 0.05) is 10.7 Å². The van der Waals surface area contributed by atoms with Gasteiger partial charge in [-0.3, -0.25) is 0 Å². The van der Waals surface area contributed by atoms with Crippen LogP contribution in [0.1, 0.15) is 50.6 Å². The van der Waals surface area contributed by atoms with Crippen molar-refractivity contribution in [3.63, 3.8) is 0 Å². The second-order valence-electron chi connectivity index (χ2n) is 4.88. The lowest BCUT2D eigenvalue weighted by atomic mass is 9.99. The Morgan fingerprint density at radius 2 is 2.06 bits per heavy atom. The fourth-order valence-electron chi connectivity index (χ4n) is 2.52. The first-order valence-corrected chi connectivity index (χ1v) is 7.88. The molecule has 2 rings (SSSR count). The molecular formula is C16H23NS. The van der Waals surface area contributed by atoms with E-state index in [0.29, 0.717) is 6.04 Å². The second-order valence-corrected chi connectivity index (χ2v) is 5.79. The summed E-state index contributed by atoms with van der Waals surface area (Å²) >= 11 is 1.86. The molecule has 1 aromatic carbocycles. The minimum atomic E-state index is 0.504. The van der Waals surface area contributed by atoms with E-state index in [2.05, 4.69) is 48.9 Å². The van der Waals surface area contributed by atoms with E-state index in [9.17, 15) is 0 Å². The Hall–Kier alpha value is -0.860. The van der Waals surface area contributed by atoms with Gasteiger partial charge in [-0.2, -0.15) is 0 Å². The molecule has 1 heterocycles. The fraction of sp³-hybridized carbons (Fsp3) is 0.500. The van der Waals surface area contributed by atoms with Crippen LogP contribution in [0.3, 0.4) is 0 Å². The van der Waals surface area contributed by atoms with Crippen molar-refractivity contribution < 1.29 is 0 Å². The summed E-state index contributed by atoms with van der Waals surface area (Å²) < 4.78 is 1.45. The summed E-state index contributed by atoms with van der Waals surface area (Å²) in [6.07, 6.45) is 6.59. The van der Waals surface area contributed by atoms with E-state index < -0.39 is 0 Å². The van der Waals surface area contributed by atoms with Crippen LogP contribution in [-0.2, 0) is 0 Å². The van der Waals surface area contributed by atoms with Crippen LogP contribution in [0.5, 0.6) is 0 Å². The lowest BCUT2D eigenvalue weighted by Crippen LogP contribution is -2.16. The Bertz CT molecular complexity index is 475. The molecule has 0 aliphatic rings. The first kappa shape index (κ1) is 13.6. The van der Waals surface area contributed by atoms with Crippen molar-refractivity contribution in [2.24, 2.45) is 0 Å². The monoisotopic (exact) mass is 261 g/mol. The largest absolute Gasteiger partial charge is 0.313 e. The summed E-state index contributed by atoms with van der Waals surface area (Å²) in [5.74, 6) is 0. The molecule has 1 aromatic heterocycles. The van der Waals surface area contributed by atoms with E-state index in [-0.39, 0.29) is 0 Å². The molecule has 2 aromatic rings. The zero-order valence-electron chi connectivity index (χ0n) is 11.4. The van der Waals surface area contributed by atoms with E-state index in [1.165, 1.54) is 47.8 Å². The fourth-order valence-corrected chi connectivity index (χ4v) is 3.49. The van der Waals surface area contributed by atoms with Gasteiger partial charge in [-0.1, -0.05) is 50.8 Å². The molecule has 1 atom stereocenters. The number of benzene rings is 1. The summed E-state index contributed by atoms with van der Waals surface area (Å²) in [7, 11) is 2.08. The van der Waals surface area contributed by atoms with Gasteiger partial charge in [0.1, 0.15) is 0 Å². The molecule has 0 aliphatic carbocycles. The molecule has 98 valence electrons. The molecule has 18 heavy (non-hydrogen) atoms. The van der Waals surface area contributed by atoms with Crippen LogP contribution in [0.2, 0.25) is 0 Å². The summed E-state index contributed by atoms with van der Waals surface area (Å²) in [5.41, 5.74) is 1.47. The molecule has 0 amide bonds. The third-order valence-electron chi connectivity index (χ3n) is 3.58. The minimum Gasteiger partial charge on any atom is -0.313 e. The van der Waals surface area contributed by atoms with Crippen molar-refractivity contribution in [3.8, 4) is 0 Å². The number of rotatable bonds is 7. The highest BCUT2D eigenvalue weighted by Crippen LogP contribution is 2.31. The number of fused-ring (bicyclic) bond motifs is 1. The van der Waals surface area contributed by atoms with E-state index in [4.69, 9.17) is 0 Å². The molecule has 1 N–H and O–H groups in total. The van der Waals surface area contributed by atoms with Gasteiger partial charge in [-0.15, -0.1) is 11.3 Å². The van der Waals surface area contributed by atoms with Gasteiger partial charge in [-0.05, 0) is 35.9 Å². The average molecular weight is 261 g/mol. The number of unbranched alkanes of at least 4 members (excludes halogenated alkanes) is 3. The van der Waals surface area contributed by atoms with Crippen LogP contribution in [0.15, 0.2) is 29.6 Å². The molecule has 0 saturated carbocycles. The maximum atomic E-state index is 3.48. The van der Waals surface area contributed by atoms with E-state index in [1.807, 2.05) is 11.3 Å². The zero-order valence-corrected chi connectivity index (χ0v) is 12.2. The van der Waals surface area contributed by atoms with Gasteiger partial charge in [0.2, 0.25) is 0 Å². The van der Waals surface area contributed by atoms with Crippen molar-refractivity contribution in [2.45, 2.75) is 45.1 Å². The molecule has 0 saturated heterocycles. The highest BCUT2D eigenvalue weighted by atomic mass is 32.1. The number of hydrogen-bond donors (Lipinski definition) is 1. The van der Waals surface area contributed by atoms with Crippen molar-refractivity contribution in [1.29, 1.82) is 0 Å². The van der Waals surface area contributed by atoms with Crippen LogP contribution in [0, 0.1) is 0 Å². The molecule has 0 bridgehead atoms. The summed E-state index contributed by atoms with van der Waals surface area (Å²) in [4.78, 5) is 0. The van der Waals surface area contributed by atoms with Gasteiger partial charge in [-0.25, -0.2) is 0 Å². The maximum Gasteiger partial charge on any atom is 0.0390 e. The first-order chi connectivity index (χ1) is 8.86. The second kappa shape index (κ2) is 6.91. The van der Waals surface area contributed by atoms with Crippen molar-refractivity contribution in [1.82, 2.24) is 5.32 Å². The van der Waals surface area contributed by atoms with E-state index in [1.54, 1.807) is 0 Å². The molecule has 0 radical (unpaired) electrons. The lowest BCUT2D eigenvalue weighted by molar-refractivity contribution is 0.508. The van der Waals surface area contributed by atoms with Gasteiger partial charge in [0.15, 0.2) is 0 Å². The van der Waals surface area contributed by atoms with Gasteiger partial charge in [0.25, 0.3) is 0 Å². The maximum absolute atomic E-state index is 3.48. The Morgan fingerprint density at radius 3 is 2.83 bits per heavy atom. The van der Waals surface area contributed by atoms with Crippen molar-refractivity contribution in [2.75, 3.05) is 7.05 Å². The number of hydrogen-bond acceptors (Lipinski definition) is 2. The highest BCUT2D eigenvalue weighted by Gasteiger charge is 2.12. The van der Waals surface area contributed by atoms with Crippen LogP contribution >= 0.6 is 11.3 Å². The average Bonchev–Trinajstić information content (AvgIpc) is 2.87. The van der Waals surface area contributed by atoms with E-state index >= 15 is 0 Å². The van der Waals surface area contributed by atoms with Gasteiger partial charge in [0.05, 0.1) is 0 Å². The molecule has 0 spiro atoms. The molecule has 0 fully saturated rings. The Balaban J connectivity index is 2.09. The third kappa shape index (κ3) is 3.12. The lowest BCUT2D eigenvalue weighted by Gasteiger charge is -2.17. The van der Waals surface area contributed by atoms with Crippen LogP contribution in [0.4, 0.5) is 0 Å². The summed E-state index contributed by atoms with van der Waals surface area (Å²) in [5, 5.41) is 7.06. The summed E-state index contributed by atoms with van der Waals surface area (Å²) in [6, 6.07) is 9.39. The minimum absolute atomic E-state index is 0.504. The third-order valence-corrected chi connectivity index (χ3v) is 4.56. The zero-order chi connectivity index (χ0) is 12.8. The molecule has 2 heteroatoms. The van der Waals surface area contributed by atoms with Crippen LogP contribution in [0.25, 0.3) is 10.1 Å². The van der Waals surface area contributed by atoms with Crippen molar-refractivity contribution in [3.05, 3.63) is 35.2 Å². The predicted octanol–water partition coefficient (Wildman–Crippen LogP) is 5.13. The Kier molecular flexibility index (Phi) is 5.21. The highest BCUT2D eigenvalue weighted by molar-refractivity contribution is 7.17. The number of thiophene rings is 1. The topological polar surface area (TPSA) is 12.0 Å². The van der Waals surface area contributed by atoms with Crippen LogP contribution in [-0.4, -0.2) is 7.05 Å². The normalized spacial score (nSPS) is 13.0. The Morgan fingerprint density at radius 1 is 1.17 bits per heavy atom. The molecule has 1 nitrogen and oxygen atoms in total. The quantitative estimate of drug-likeness (QED) is 0.681. The van der Waals surface area contributed by atoms with Gasteiger partial charge < -0.3 is 5.32 Å². The SMILES string of the molecule is CCCCCCC(NC)c1cccc2ccsc12. The smallest absolute Gasteiger partial charge is 0.0390 e. The van der Waals surface area contributed by atoms with Crippen LogP contribution < -0.4 is 5.32 Å². The van der Waals surface area contributed by atoms with Gasteiger partial charge >= 0.3 is 0 Å². The first-order valence-electron chi connectivity index (χ1n) is 7.00. The molecular weight excluding hydrogens is 238 g/mol. The standard InChI is InChI=1S/C16H23NS/c1-3-4-5-6-10-15(17-2)14-9-7-8-13-11-12-18-16(13)14/h7-9,11-12,15,17H,3-6,10H2,1-2H3.